The van der Waals surface area contributed by atoms with Crippen molar-refractivity contribution in [1.29, 1.82) is 0 Å². The van der Waals surface area contributed by atoms with E-state index in [2.05, 4.69) is 10.6 Å². The third-order valence-corrected chi connectivity index (χ3v) is 6.12. The van der Waals surface area contributed by atoms with E-state index in [0.717, 1.165) is 22.9 Å². The molecule has 4 N–H and O–H groups in total. The summed E-state index contributed by atoms with van der Waals surface area (Å²) in [5.74, 6) is 0.00461. The van der Waals surface area contributed by atoms with Crippen molar-refractivity contribution in [2.24, 2.45) is 0 Å². The van der Waals surface area contributed by atoms with Crippen LogP contribution in [0.25, 0.3) is 11.1 Å². The van der Waals surface area contributed by atoms with Gasteiger partial charge in [0.05, 0.1) is 24.5 Å². The third kappa shape index (κ3) is 9.46. The van der Waals surface area contributed by atoms with E-state index in [1.165, 1.54) is 0 Å². The van der Waals surface area contributed by atoms with Gasteiger partial charge in [0.15, 0.2) is 0 Å². The van der Waals surface area contributed by atoms with Crippen LogP contribution >= 0.6 is 0 Å². The standard InChI is InChI=1S/C28H35N3O6S/c1-3-36-17-16-30-26-19-23(11-14-25(26)28(33)31-38(2,34)35)21-9-12-24(13-10-21)37-18-15-29-20-27(32)22-7-5-4-6-8-22/h4-14,19,27,29-30,32H,3,15-18,20H2,1-2H3,(H,31,33)/t27-/m0/s1. The number of nitrogens with one attached hydrogen (secondary N) is 3. The first kappa shape index (κ1) is 29.1. The van der Waals surface area contributed by atoms with Crippen molar-refractivity contribution in [2.75, 3.05) is 51.0 Å². The van der Waals surface area contributed by atoms with Crippen LogP contribution in [0.1, 0.15) is 28.9 Å². The van der Waals surface area contributed by atoms with E-state index in [9.17, 15) is 18.3 Å². The number of hydrogen-bond donors (Lipinski definition) is 4. The van der Waals surface area contributed by atoms with Crippen molar-refractivity contribution in [2.45, 2.75) is 13.0 Å². The maximum Gasteiger partial charge on any atom is 0.266 e. The lowest BCUT2D eigenvalue weighted by Crippen LogP contribution is -2.30. The van der Waals surface area contributed by atoms with Gasteiger partial charge in [0.25, 0.3) is 5.91 Å². The lowest BCUT2D eigenvalue weighted by atomic mass is 10.0. The largest absolute Gasteiger partial charge is 0.492 e. The summed E-state index contributed by atoms with van der Waals surface area (Å²) in [4.78, 5) is 12.5. The van der Waals surface area contributed by atoms with Crippen LogP contribution < -0.4 is 20.1 Å². The first-order valence-electron chi connectivity index (χ1n) is 12.4. The summed E-state index contributed by atoms with van der Waals surface area (Å²) < 4.78 is 36.3. The maximum absolute atomic E-state index is 12.5. The Morgan fingerprint density at radius 2 is 1.66 bits per heavy atom. The molecule has 1 amide bonds. The van der Waals surface area contributed by atoms with Gasteiger partial charge in [-0.2, -0.15) is 0 Å². The first-order valence-corrected chi connectivity index (χ1v) is 14.3. The smallest absolute Gasteiger partial charge is 0.266 e. The Kier molecular flexibility index (Phi) is 11.1. The maximum atomic E-state index is 12.5. The Hall–Kier alpha value is -3.44. The van der Waals surface area contributed by atoms with Gasteiger partial charge < -0.3 is 25.2 Å². The number of anilines is 1. The first-order chi connectivity index (χ1) is 18.3. The number of sulfonamides is 1. The van der Waals surface area contributed by atoms with Gasteiger partial charge in [-0.05, 0) is 47.9 Å². The Morgan fingerprint density at radius 1 is 0.947 bits per heavy atom. The quantitative estimate of drug-likeness (QED) is 0.216. The summed E-state index contributed by atoms with van der Waals surface area (Å²) >= 11 is 0. The Labute approximate surface area is 224 Å². The van der Waals surface area contributed by atoms with Gasteiger partial charge in [0, 0.05) is 31.9 Å². The highest BCUT2D eigenvalue weighted by molar-refractivity contribution is 7.89. The summed E-state index contributed by atoms with van der Waals surface area (Å²) in [5, 5.41) is 16.6. The summed E-state index contributed by atoms with van der Waals surface area (Å²) in [6, 6.07) is 22.2. The van der Waals surface area contributed by atoms with Crippen molar-refractivity contribution in [3.63, 3.8) is 0 Å². The molecule has 3 aromatic carbocycles. The fourth-order valence-electron chi connectivity index (χ4n) is 3.71. The molecule has 0 spiro atoms. The molecule has 0 fully saturated rings. The molecule has 0 radical (unpaired) electrons. The number of amides is 1. The molecule has 0 aliphatic carbocycles. The number of benzene rings is 3. The molecule has 0 aliphatic rings. The van der Waals surface area contributed by atoms with Gasteiger partial charge in [0.1, 0.15) is 12.4 Å². The van der Waals surface area contributed by atoms with Crippen LogP contribution in [0.2, 0.25) is 0 Å². The van der Waals surface area contributed by atoms with E-state index in [-0.39, 0.29) is 5.56 Å². The van der Waals surface area contributed by atoms with Gasteiger partial charge >= 0.3 is 0 Å². The number of carbonyl (C=O) groups is 1. The van der Waals surface area contributed by atoms with Crippen LogP contribution in [0.4, 0.5) is 5.69 Å². The van der Waals surface area contributed by atoms with Gasteiger partial charge in [0.2, 0.25) is 10.0 Å². The van der Waals surface area contributed by atoms with Crippen molar-refractivity contribution in [3.05, 3.63) is 83.9 Å². The molecule has 0 aliphatic heterocycles. The molecule has 0 heterocycles. The predicted molar refractivity (Wildman–Crippen MR) is 149 cm³/mol. The average molecular weight is 542 g/mol. The molecule has 9 nitrogen and oxygen atoms in total. The molecule has 10 heteroatoms. The van der Waals surface area contributed by atoms with E-state index < -0.39 is 22.0 Å². The van der Waals surface area contributed by atoms with Crippen molar-refractivity contribution in [1.82, 2.24) is 10.0 Å². The van der Waals surface area contributed by atoms with E-state index in [0.29, 0.717) is 50.9 Å². The highest BCUT2D eigenvalue weighted by atomic mass is 32.2. The number of rotatable bonds is 15. The predicted octanol–water partition coefficient (Wildman–Crippen LogP) is 3.19. The highest BCUT2D eigenvalue weighted by Crippen LogP contribution is 2.27. The third-order valence-electron chi connectivity index (χ3n) is 5.57. The minimum absolute atomic E-state index is 0.223. The molecular weight excluding hydrogens is 506 g/mol. The lowest BCUT2D eigenvalue weighted by Gasteiger charge is -2.14. The van der Waals surface area contributed by atoms with E-state index in [1.807, 2.05) is 66.2 Å². The molecule has 204 valence electrons. The molecule has 0 unspecified atom stereocenters. The number of hydrogen-bond acceptors (Lipinski definition) is 8. The molecule has 1 atom stereocenters. The monoisotopic (exact) mass is 541 g/mol. The van der Waals surface area contributed by atoms with Crippen LogP contribution in [-0.4, -0.2) is 65.1 Å². The van der Waals surface area contributed by atoms with Gasteiger partial charge in [-0.15, -0.1) is 0 Å². The lowest BCUT2D eigenvalue weighted by molar-refractivity contribution is 0.0982. The normalized spacial score (nSPS) is 12.1. The van der Waals surface area contributed by atoms with Crippen molar-refractivity contribution >= 4 is 21.6 Å². The van der Waals surface area contributed by atoms with E-state index in [4.69, 9.17) is 9.47 Å². The Morgan fingerprint density at radius 3 is 2.34 bits per heavy atom. The van der Waals surface area contributed by atoms with Crippen LogP contribution in [0.5, 0.6) is 5.75 Å². The van der Waals surface area contributed by atoms with Crippen LogP contribution in [0, 0.1) is 0 Å². The average Bonchev–Trinajstić information content (AvgIpc) is 2.90. The second kappa shape index (κ2) is 14.5. The van der Waals surface area contributed by atoms with Crippen molar-refractivity contribution < 1.29 is 27.8 Å². The number of aliphatic hydroxyl groups excluding tert-OH is 1. The van der Waals surface area contributed by atoms with Crippen LogP contribution in [-0.2, 0) is 14.8 Å². The van der Waals surface area contributed by atoms with Gasteiger partial charge in [-0.25, -0.2) is 13.1 Å². The number of ether oxygens (including phenoxy) is 2. The van der Waals surface area contributed by atoms with E-state index >= 15 is 0 Å². The second-order valence-corrected chi connectivity index (χ2v) is 10.3. The topological polar surface area (TPSA) is 126 Å². The zero-order valence-electron chi connectivity index (χ0n) is 21.6. The molecule has 3 aromatic rings. The summed E-state index contributed by atoms with van der Waals surface area (Å²) in [7, 11) is -3.70. The summed E-state index contributed by atoms with van der Waals surface area (Å²) in [6.45, 7) is 4.83. The highest BCUT2D eigenvalue weighted by Gasteiger charge is 2.16. The Bertz CT molecular complexity index is 1270. The second-order valence-electron chi connectivity index (χ2n) is 8.59. The van der Waals surface area contributed by atoms with Crippen LogP contribution in [0.3, 0.4) is 0 Å². The minimum atomic E-state index is -3.70. The van der Waals surface area contributed by atoms with Gasteiger partial charge in [-0.3, -0.25) is 4.79 Å². The molecule has 0 saturated heterocycles. The summed E-state index contributed by atoms with van der Waals surface area (Å²) in [5.41, 5.74) is 3.36. The fraction of sp³-hybridized carbons (Fsp3) is 0.321. The van der Waals surface area contributed by atoms with E-state index in [1.54, 1.807) is 18.2 Å². The molecule has 38 heavy (non-hydrogen) atoms. The molecule has 3 rings (SSSR count). The molecular formula is C28H35N3O6S. The minimum Gasteiger partial charge on any atom is -0.492 e. The molecule has 0 aromatic heterocycles. The van der Waals surface area contributed by atoms with Crippen LogP contribution in [0.15, 0.2) is 72.8 Å². The molecule has 0 saturated carbocycles. The molecule has 0 bridgehead atoms. The fourth-order valence-corrected chi connectivity index (χ4v) is 4.16. The SMILES string of the molecule is CCOCCNc1cc(-c2ccc(OCCNC[C@H](O)c3ccccc3)cc2)ccc1C(=O)NS(C)(=O)=O. The summed E-state index contributed by atoms with van der Waals surface area (Å²) in [6.07, 6.45) is 0.368. The number of aliphatic hydroxyl groups is 1. The Balaban J connectivity index is 1.58. The zero-order chi connectivity index (χ0) is 27.4. The number of carbonyl (C=O) groups excluding carboxylic acids is 1. The zero-order valence-corrected chi connectivity index (χ0v) is 22.5. The van der Waals surface area contributed by atoms with Gasteiger partial charge in [-0.1, -0.05) is 48.5 Å². The van der Waals surface area contributed by atoms with Crippen molar-refractivity contribution in [3.8, 4) is 16.9 Å².